The van der Waals surface area contributed by atoms with Crippen molar-refractivity contribution in [2.45, 2.75) is 31.2 Å². The topological polar surface area (TPSA) is 67.4 Å². The smallest absolute Gasteiger partial charge is 0.215 e. The van der Waals surface area contributed by atoms with E-state index in [1.54, 1.807) is 0 Å². The Morgan fingerprint density at radius 3 is 2.85 bits per heavy atom. The van der Waals surface area contributed by atoms with Crippen LogP contribution in [-0.2, 0) is 27.1 Å². The van der Waals surface area contributed by atoms with E-state index in [-0.39, 0.29) is 11.9 Å². The van der Waals surface area contributed by atoms with E-state index in [2.05, 4.69) is 10.0 Å². The van der Waals surface area contributed by atoms with Gasteiger partial charge in [0.2, 0.25) is 10.0 Å². The highest BCUT2D eigenvalue weighted by Gasteiger charge is 2.19. The Bertz CT molecular complexity index is 525. The second kappa shape index (κ2) is 7.17. The van der Waals surface area contributed by atoms with Crippen LogP contribution in [0.1, 0.15) is 24.0 Å². The van der Waals surface area contributed by atoms with Crippen LogP contribution >= 0.6 is 0 Å². The molecular weight excluding hydrogens is 276 g/mol. The van der Waals surface area contributed by atoms with Crippen LogP contribution in [-0.4, -0.2) is 34.7 Å². The van der Waals surface area contributed by atoms with E-state index < -0.39 is 10.0 Å². The van der Waals surface area contributed by atoms with Crippen LogP contribution in [0.4, 0.5) is 0 Å². The Balaban J connectivity index is 1.91. The van der Waals surface area contributed by atoms with Crippen molar-refractivity contribution in [2.24, 2.45) is 0 Å². The van der Waals surface area contributed by atoms with Crippen LogP contribution in [0.25, 0.3) is 0 Å². The van der Waals surface area contributed by atoms with Crippen molar-refractivity contribution < 1.29 is 13.2 Å². The number of benzene rings is 1. The summed E-state index contributed by atoms with van der Waals surface area (Å²) in [7, 11) is -1.44. The molecule has 112 valence electrons. The maximum Gasteiger partial charge on any atom is 0.215 e. The lowest BCUT2D eigenvalue weighted by atomic mass is 10.1. The van der Waals surface area contributed by atoms with Gasteiger partial charge in [-0.1, -0.05) is 24.3 Å². The summed E-state index contributed by atoms with van der Waals surface area (Å²) in [5.74, 6) is 0.0112. The van der Waals surface area contributed by atoms with Gasteiger partial charge in [-0.05, 0) is 31.0 Å². The minimum Gasteiger partial charge on any atom is -0.377 e. The first kappa shape index (κ1) is 15.4. The third-order valence-electron chi connectivity index (χ3n) is 3.28. The molecule has 5 nitrogen and oxygen atoms in total. The minimum absolute atomic E-state index is 0.0112. The molecule has 0 radical (unpaired) electrons. The quantitative estimate of drug-likeness (QED) is 0.788. The molecule has 0 saturated carbocycles. The fourth-order valence-electron chi connectivity index (χ4n) is 2.33. The molecule has 1 aliphatic heterocycles. The van der Waals surface area contributed by atoms with Crippen LogP contribution in [0.3, 0.4) is 0 Å². The van der Waals surface area contributed by atoms with Crippen molar-refractivity contribution in [2.75, 3.05) is 20.2 Å². The summed E-state index contributed by atoms with van der Waals surface area (Å²) in [5.41, 5.74) is 1.89. The average molecular weight is 298 g/mol. The van der Waals surface area contributed by atoms with Gasteiger partial charge < -0.3 is 10.1 Å². The number of ether oxygens (including phenoxy) is 1. The summed E-state index contributed by atoms with van der Waals surface area (Å²) in [4.78, 5) is 0. The summed E-state index contributed by atoms with van der Waals surface area (Å²) in [6.07, 6.45) is 1.97. The lowest BCUT2D eigenvalue weighted by molar-refractivity contribution is 0.114. The largest absolute Gasteiger partial charge is 0.377 e. The Kier molecular flexibility index (Phi) is 5.54. The maximum absolute atomic E-state index is 12.0. The van der Waals surface area contributed by atoms with Gasteiger partial charge in [-0.2, -0.15) is 0 Å². The molecule has 1 aliphatic rings. The molecule has 2 N–H and O–H groups in total. The molecule has 1 saturated heterocycles. The van der Waals surface area contributed by atoms with E-state index in [1.807, 2.05) is 31.3 Å². The third-order valence-corrected chi connectivity index (χ3v) is 4.60. The van der Waals surface area contributed by atoms with Crippen molar-refractivity contribution in [3.8, 4) is 0 Å². The van der Waals surface area contributed by atoms with Crippen LogP contribution in [0.5, 0.6) is 0 Å². The van der Waals surface area contributed by atoms with Gasteiger partial charge in [0.15, 0.2) is 0 Å². The number of nitrogens with one attached hydrogen (secondary N) is 2. The number of hydrogen-bond donors (Lipinski definition) is 2. The first-order chi connectivity index (χ1) is 9.59. The lowest BCUT2D eigenvalue weighted by Gasteiger charge is -2.12. The van der Waals surface area contributed by atoms with Gasteiger partial charge in [0, 0.05) is 19.7 Å². The molecule has 20 heavy (non-hydrogen) atoms. The van der Waals surface area contributed by atoms with Crippen molar-refractivity contribution in [3.63, 3.8) is 0 Å². The number of hydrogen-bond acceptors (Lipinski definition) is 4. The van der Waals surface area contributed by atoms with Crippen molar-refractivity contribution >= 4 is 10.0 Å². The summed E-state index contributed by atoms with van der Waals surface area (Å²) in [6.45, 7) is 1.84. The van der Waals surface area contributed by atoms with E-state index >= 15 is 0 Å². The molecule has 1 aromatic carbocycles. The Morgan fingerprint density at radius 1 is 1.35 bits per heavy atom. The van der Waals surface area contributed by atoms with Gasteiger partial charge in [0.1, 0.15) is 0 Å². The number of sulfonamides is 1. The van der Waals surface area contributed by atoms with E-state index in [1.165, 1.54) is 0 Å². The predicted molar refractivity (Wildman–Crippen MR) is 78.8 cm³/mol. The van der Waals surface area contributed by atoms with Crippen LogP contribution in [0, 0.1) is 0 Å². The monoisotopic (exact) mass is 298 g/mol. The Hall–Kier alpha value is -0.950. The molecule has 0 aromatic heterocycles. The zero-order valence-corrected chi connectivity index (χ0v) is 12.6. The first-order valence-electron chi connectivity index (χ1n) is 6.90. The van der Waals surface area contributed by atoms with Gasteiger partial charge in [0.05, 0.1) is 11.9 Å². The molecule has 6 heteroatoms. The molecule has 1 atom stereocenters. The molecule has 2 rings (SSSR count). The second-order valence-electron chi connectivity index (χ2n) is 5.09. The summed E-state index contributed by atoms with van der Waals surface area (Å²) < 4.78 is 32.1. The minimum atomic E-state index is -3.30. The summed E-state index contributed by atoms with van der Waals surface area (Å²) in [6, 6.07) is 7.62. The van der Waals surface area contributed by atoms with E-state index in [4.69, 9.17) is 4.74 Å². The zero-order valence-electron chi connectivity index (χ0n) is 11.8. The Morgan fingerprint density at radius 2 is 2.15 bits per heavy atom. The van der Waals surface area contributed by atoms with Crippen LogP contribution < -0.4 is 10.0 Å². The molecule has 1 aromatic rings. The lowest BCUT2D eigenvalue weighted by Crippen LogP contribution is -2.32. The molecule has 1 fully saturated rings. The first-order valence-corrected chi connectivity index (χ1v) is 8.55. The molecule has 1 unspecified atom stereocenters. The second-order valence-corrected chi connectivity index (χ2v) is 6.90. The van der Waals surface area contributed by atoms with Gasteiger partial charge in [-0.25, -0.2) is 13.1 Å². The van der Waals surface area contributed by atoms with Gasteiger partial charge in [0.25, 0.3) is 0 Å². The summed E-state index contributed by atoms with van der Waals surface area (Å²) >= 11 is 0. The molecule has 0 bridgehead atoms. The zero-order chi connectivity index (χ0) is 14.4. The maximum atomic E-state index is 12.0. The van der Waals surface area contributed by atoms with Gasteiger partial charge >= 0.3 is 0 Å². The normalized spacial score (nSPS) is 19.4. The standard InChI is InChI=1S/C14H22N2O3S/c1-15-9-12-4-2-5-13(8-12)11-20(17,18)16-10-14-6-3-7-19-14/h2,4-5,8,14-16H,3,6-7,9-11H2,1H3. The molecule has 0 spiro atoms. The molecule has 0 amide bonds. The van der Waals surface area contributed by atoms with Crippen molar-refractivity contribution in [3.05, 3.63) is 35.4 Å². The Labute approximate surface area is 120 Å². The van der Waals surface area contributed by atoms with Crippen LogP contribution in [0.15, 0.2) is 24.3 Å². The fraction of sp³-hybridized carbons (Fsp3) is 0.571. The van der Waals surface area contributed by atoms with Gasteiger partial charge in [-0.3, -0.25) is 0 Å². The molecule has 0 aliphatic carbocycles. The third kappa shape index (κ3) is 4.86. The number of rotatable bonds is 7. The predicted octanol–water partition coefficient (Wildman–Crippen LogP) is 1.00. The van der Waals surface area contributed by atoms with Crippen molar-refractivity contribution in [1.82, 2.24) is 10.0 Å². The van der Waals surface area contributed by atoms with E-state index in [0.29, 0.717) is 6.54 Å². The molecular formula is C14H22N2O3S. The van der Waals surface area contributed by atoms with Crippen molar-refractivity contribution in [1.29, 1.82) is 0 Å². The average Bonchev–Trinajstić information content (AvgIpc) is 2.90. The highest BCUT2D eigenvalue weighted by Crippen LogP contribution is 2.12. The molecule has 1 heterocycles. The fourth-order valence-corrected chi connectivity index (χ4v) is 3.49. The van der Waals surface area contributed by atoms with E-state index in [9.17, 15) is 8.42 Å². The van der Waals surface area contributed by atoms with E-state index in [0.717, 1.165) is 37.1 Å². The summed E-state index contributed by atoms with van der Waals surface area (Å²) in [5, 5.41) is 3.05. The highest BCUT2D eigenvalue weighted by molar-refractivity contribution is 7.88. The highest BCUT2D eigenvalue weighted by atomic mass is 32.2. The van der Waals surface area contributed by atoms with Gasteiger partial charge in [-0.15, -0.1) is 0 Å². The van der Waals surface area contributed by atoms with Crippen LogP contribution in [0.2, 0.25) is 0 Å². The SMILES string of the molecule is CNCc1cccc(CS(=O)(=O)NCC2CCCO2)c1.